The number of carbonyl (C=O) groups excluding carboxylic acids is 1. The first-order valence-electron chi connectivity index (χ1n) is 7.45. The summed E-state index contributed by atoms with van der Waals surface area (Å²) in [6.07, 6.45) is 0. The fourth-order valence-electron chi connectivity index (χ4n) is 2.58. The highest BCUT2D eigenvalue weighted by Gasteiger charge is 2.30. The largest absolute Gasteiger partial charge is 0.335 e. The van der Waals surface area contributed by atoms with E-state index in [1.54, 1.807) is 35.2 Å². The number of halogens is 1. The number of amides is 1. The molecule has 1 aliphatic heterocycles. The second kappa shape index (κ2) is 6.66. The van der Waals surface area contributed by atoms with Crippen LogP contribution in [0.25, 0.3) is 0 Å². The van der Waals surface area contributed by atoms with E-state index in [0.29, 0.717) is 18.8 Å². The van der Waals surface area contributed by atoms with Gasteiger partial charge in [-0.15, -0.1) is 0 Å². The number of aromatic nitrogens is 2. The van der Waals surface area contributed by atoms with Gasteiger partial charge in [0.2, 0.25) is 10.0 Å². The zero-order valence-electron chi connectivity index (χ0n) is 13.1. The van der Waals surface area contributed by atoms with Gasteiger partial charge in [-0.2, -0.15) is 9.40 Å². The number of nitrogens with zero attached hydrogens (tertiary/aromatic N) is 3. The van der Waals surface area contributed by atoms with E-state index < -0.39 is 10.0 Å². The summed E-state index contributed by atoms with van der Waals surface area (Å²) in [5.41, 5.74) is 1.17. The summed E-state index contributed by atoms with van der Waals surface area (Å²) in [5.74, 6) is -0.181. The van der Waals surface area contributed by atoms with Crippen LogP contribution in [0.2, 0.25) is 0 Å². The lowest BCUT2D eigenvalue weighted by molar-refractivity contribution is 0.0692. The molecule has 1 N–H and O–H groups in total. The zero-order chi connectivity index (χ0) is 17.3. The van der Waals surface area contributed by atoms with Crippen LogP contribution in [0.1, 0.15) is 16.2 Å². The molecule has 0 unspecified atom stereocenters. The van der Waals surface area contributed by atoms with Gasteiger partial charge >= 0.3 is 0 Å². The van der Waals surface area contributed by atoms with Crippen molar-refractivity contribution in [3.8, 4) is 0 Å². The average Bonchev–Trinajstić information content (AvgIpc) is 3.01. The van der Waals surface area contributed by atoms with Crippen LogP contribution >= 0.6 is 15.9 Å². The summed E-state index contributed by atoms with van der Waals surface area (Å²) in [6.45, 7) is 3.06. The van der Waals surface area contributed by atoms with Crippen LogP contribution in [-0.4, -0.2) is 59.9 Å². The highest BCUT2D eigenvalue weighted by atomic mass is 79.9. The highest BCUT2D eigenvalue weighted by Crippen LogP contribution is 2.20. The predicted molar refractivity (Wildman–Crippen MR) is 92.1 cm³/mol. The second-order valence-electron chi connectivity index (χ2n) is 5.59. The zero-order valence-corrected chi connectivity index (χ0v) is 15.5. The van der Waals surface area contributed by atoms with Crippen LogP contribution < -0.4 is 0 Å². The van der Waals surface area contributed by atoms with E-state index in [9.17, 15) is 13.2 Å². The Morgan fingerprint density at radius 2 is 1.79 bits per heavy atom. The molecule has 1 fully saturated rings. The molecular formula is C15H17BrN4O3S. The molecule has 1 aromatic carbocycles. The number of carbonyl (C=O) groups is 1. The van der Waals surface area contributed by atoms with E-state index in [4.69, 9.17) is 0 Å². The van der Waals surface area contributed by atoms with Gasteiger partial charge in [0.15, 0.2) is 0 Å². The van der Waals surface area contributed by atoms with Crippen molar-refractivity contribution in [1.82, 2.24) is 19.4 Å². The van der Waals surface area contributed by atoms with Gasteiger partial charge in [0, 0.05) is 36.3 Å². The third-order valence-electron chi connectivity index (χ3n) is 3.90. The van der Waals surface area contributed by atoms with Gasteiger partial charge in [0.05, 0.1) is 4.90 Å². The van der Waals surface area contributed by atoms with Crippen molar-refractivity contribution in [3.63, 3.8) is 0 Å². The molecule has 2 heterocycles. The van der Waals surface area contributed by atoms with Crippen molar-refractivity contribution >= 4 is 31.9 Å². The van der Waals surface area contributed by atoms with Crippen molar-refractivity contribution in [2.24, 2.45) is 0 Å². The number of H-pyrrole nitrogens is 1. The van der Waals surface area contributed by atoms with E-state index in [1.807, 2.05) is 6.92 Å². The molecule has 128 valence electrons. The van der Waals surface area contributed by atoms with Gasteiger partial charge < -0.3 is 4.90 Å². The molecule has 2 aromatic rings. The summed E-state index contributed by atoms with van der Waals surface area (Å²) >= 11 is 3.29. The molecule has 0 aliphatic carbocycles. The van der Waals surface area contributed by atoms with E-state index >= 15 is 0 Å². The minimum atomic E-state index is -3.54. The summed E-state index contributed by atoms with van der Waals surface area (Å²) in [7, 11) is -3.54. The maximum absolute atomic E-state index is 12.6. The fourth-order valence-corrected chi connectivity index (χ4v) is 4.26. The Kier molecular flexibility index (Phi) is 4.75. The number of aromatic amines is 1. The van der Waals surface area contributed by atoms with Crippen molar-refractivity contribution in [2.75, 3.05) is 26.2 Å². The molecule has 1 aliphatic rings. The maximum atomic E-state index is 12.6. The number of hydrogen-bond acceptors (Lipinski definition) is 4. The van der Waals surface area contributed by atoms with Gasteiger partial charge in [-0.3, -0.25) is 9.89 Å². The number of rotatable bonds is 3. The molecule has 0 atom stereocenters. The fraction of sp³-hybridized carbons (Fsp3) is 0.333. The lowest BCUT2D eigenvalue weighted by Crippen LogP contribution is -2.50. The SMILES string of the molecule is Cc1cc(C(=O)N2CCN(S(=O)(=O)c3ccc(Br)cc3)CC2)n[nH]1. The van der Waals surface area contributed by atoms with Crippen LogP contribution in [0, 0.1) is 6.92 Å². The second-order valence-corrected chi connectivity index (χ2v) is 8.44. The van der Waals surface area contributed by atoms with Crippen molar-refractivity contribution in [3.05, 3.63) is 46.2 Å². The molecule has 0 radical (unpaired) electrons. The van der Waals surface area contributed by atoms with Crippen molar-refractivity contribution in [2.45, 2.75) is 11.8 Å². The number of sulfonamides is 1. The summed E-state index contributed by atoms with van der Waals surface area (Å²) < 4.78 is 27.5. The predicted octanol–water partition coefficient (Wildman–Crippen LogP) is 1.63. The molecule has 1 saturated heterocycles. The molecular weight excluding hydrogens is 396 g/mol. The summed E-state index contributed by atoms with van der Waals surface area (Å²) in [5, 5.41) is 6.70. The van der Waals surface area contributed by atoms with Crippen molar-refractivity contribution in [1.29, 1.82) is 0 Å². The number of hydrogen-bond donors (Lipinski definition) is 1. The lowest BCUT2D eigenvalue weighted by atomic mass is 10.3. The smallest absolute Gasteiger partial charge is 0.274 e. The number of benzene rings is 1. The quantitative estimate of drug-likeness (QED) is 0.829. The van der Waals surface area contributed by atoms with E-state index in [-0.39, 0.29) is 23.9 Å². The third-order valence-corrected chi connectivity index (χ3v) is 6.34. The summed E-state index contributed by atoms with van der Waals surface area (Å²) in [4.78, 5) is 14.2. The third kappa shape index (κ3) is 3.38. The highest BCUT2D eigenvalue weighted by molar-refractivity contribution is 9.10. The van der Waals surface area contributed by atoms with E-state index in [0.717, 1.165) is 10.2 Å². The Labute approximate surface area is 148 Å². The molecule has 1 amide bonds. The summed E-state index contributed by atoms with van der Waals surface area (Å²) in [6, 6.07) is 8.24. The first kappa shape index (κ1) is 17.1. The van der Waals surface area contributed by atoms with Gasteiger partial charge in [-0.1, -0.05) is 15.9 Å². The molecule has 0 spiro atoms. The number of piperazine rings is 1. The first-order valence-corrected chi connectivity index (χ1v) is 9.68. The molecule has 0 saturated carbocycles. The Morgan fingerprint density at radius 3 is 2.33 bits per heavy atom. The minimum absolute atomic E-state index is 0.181. The van der Waals surface area contributed by atoms with Gasteiger partial charge in [0.1, 0.15) is 5.69 Å². The lowest BCUT2D eigenvalue weighted by Gasteiger charge is -2.33. The van der Waals surface area contributed by atoms with Gasteiger partial charge in [-0.05, 0) is 37.3 Å². The Hall–Kier alpha value is -1.71. The monoisotopic (exact) mass is 412 g/mol. The standard InChI is InChI=1S/C15H17BrN4O3S/c1-11-10-14(18-17-11)15(21)19-6-8-20(9-7-19)24(22,23)13-4-2-12(16)3-5-13/h2-5,10H,6-9H2,1H3,(H,17,18). The molecule has 1 aromatic heterocycles. The van der Waals surface area contributed by atoms with E-state index in [2.05, 4.69) is 26.1 Å². The van der Waals surface area contributed by atoms with Gasteiger partial charge in [-0.25, -0.2) is 8.42 Å². The number of aryl methyl sites for hydroxylation is 1. The van der Waals surface area contributed by atoms with Crippen LogP contribution in [0.3, 0.4) is 0 Å². The van der Waals surface area contributed by atoms with Crippen LogP contribution in [0.4, 0.5) is 0 Å². The molecule has 9 heteroatoms. The van der Waals surface area contributed by atoms with Crippen LogP contribution in [-0.2, 0) is 10.0 Å². The van der Waals surface area contributed by atoms with Crippen LogP contribution in [0.5, 0.6) is 0 Å². The Morgan fingerprint density at radius 1 is 1.17 bits per heavy atom. The molecule has 0 bridgehead atoms. The first-order chi connectivity index (χ1) is 11.4. The van der Waals surface area contributed by atoms with Crippen molar-refractivity contribution < 1.29 is 13.2 Å². The van der Waals surface area contributed by atoms with Gasteiger partial charge in [0.25, 0.3) is 5.91 Å². The molecule has 7 nitrogen and oxygen atoms in total. The number of nitrogens with one attached hydrogen (secondary N) is 1. The normalized spacial score (nSPS) is 16.3. The van der Waals surface area contributed by atoms with Crippen LogP contribution in [0.15, 0.2) is 39.7 Å². The average molecular weight is 413 g/mol. The Bertz CT molecular complexity index is 840. The minimum Gasteiger partial charge on any atom is -0.335 e. The Balaban J connectivity index is 1.68. The molecule has 3 rings (SSSR count). The maximum Gasteiger partial charge on any atom is 0.274 e. The molecule has 24 heavy (non-hydrogen) atoms. The van der Waals surface area contributed by atoms with E-state index in [1.165, 1.54) is 4.31 Å². The topological polar surface area (TPSA) is 86.4 Å².